The van der Waals surface area contributed by atoms with Crippen LogP contribution in [-0.4, -0.2) is 28.0 Å². The van der Waals surface area contributed by atoms with Crippen LogP contribution in [0.1, 0.15) is 19.3 Å². The molecule has 0 atom stereocenters. The fraction of sp³-hybridized carbons (Fsp3) is 0.294. The van der Waals surface area contributed by atoms with E-state index in [2.05, 4.69) is 25.9 Å². The molecular weight excluding hydrogens is 274 g/mol. The second-order valence-corrected chi connectivity index (χ2v) is 5.75. The first kappa shape index (κ1) is 13.1. The number of piperidine rings is 1. The summed E-state index contributed by atoms with van der Waals surface area (Å²) in [7, 11) is 0. The molecule has 0 aliphatic carbocycles. The van der Waals surface area contributed by atoms with Crippen LogP contribution in [0.3, 0.4) is 0 Å². The molecule has 3 aromatic heterocycles. The Bertz CT molecular complexity index is 802. The van der Waals surface area contributed by atoms with Crippen molar-refractivity contribution in [2.24, 2.45) is 0 Å². The van der Waals surface area contributed by atoms with Crippen LogP contribution in [0.2, 0.25) is 0 Å². The van der Waals surface area contributed by atoms with Gasteiger partial charge in [0.15, 0.2) is 0 Å². The van der Waals surface area contributed by atoms with E-state index in [9.17, 15) is 0 Å². The van der Waals surface area contributed by atoms with Crippen LogP contribution in [0.15, 0.2) is 36.7 Å². The van der Waals surface area contributed by atoms with E-state index in [0.29, 0.717) is 5.82 Å². The van der Waals surface area contributed by atoms with Crippen molar-refractivity contribution in [2.75, 3.05) is 23.7 Å². The number of H-pyrrole nitrogens is 1. The first-order chi connectivity index (χ1) is 10.8. The number of nitrogens with zero attached hydrogens (tertiary/aromatic N) is 3. The van der Waals surface area contributed by atoms with Crippen molar-refractivity contribution in [3.8, 4) is 11.3 Å². The number of nitrogen functional groups attached to an aromatic ring is 1. The number of aromatic amines is 1. The van der Waals surface area contributed by atoms with Gasteiger partial charge < -0.3 is 15.6 Å². The number of nitrogens with one attached hydrogen (secondary N) is 1. The van der Waals surface area contributed by atoms with Crippen molar-refractivity contribution in [3.63, 3.8) is 0 Å². The Labute approximate surface area is 129 Å². The van der Waals surface area contributed by atoms with Gasteiger partial charge in [-0.15, -0.1) is 0 Å². The smallest absolute Gasteiger partial charge is 0.140 e. The number of nitrogens with two attached hydrogens (primary N) is 1. The zero-order valence-corrected chi connectivity index (χ0v) is 12.4. The number of rotatable bonds is 2. The lowest BCUT2D eigenvalue weighted by molar-refractivity contribution is 0.579. The molecule has 1 saturated heterocycles. The molecule has 1 fully saturated rings. The zero-order valence-electron chi connectivity index (χ0n) is 12.4. The van der Waals surface area contributed by atoms with Gasteiger partial charge in [-0.3, -0.25) is 0 Å². The van der Waals surface area contributed by atoms with Crippen LogP contribution in [-0.2, 0) is 0 Å². The molecule has 0 bridgehead atoms. The normalized spacial score (nSPS) is 15.4. The summed E-state index contributed by atoms with van der Waals surface area (Å²) < 4.78 is 0. The highest BCUT2D eigenvalue weighted by atomic mass is 15.1. The van der Waals surface area contributed by atoms with Crippen molar-refractivity contribution in [1.82, 2.24) is 15.0 Å². The van der Waals surface area contributed by atoms with Crippen LogP contribution < -0.4 is 10.6 Å². The van der Waals surface area contributed by atoms with E-state index in [1.807, 2.05) is 30.6 Å². The molecule has 5 nitrogen and oxygen atoms in total. The monoisotopic (exact) mass is 293 g/mol. The summed E-state index contributed by atoms with van der Waals surface area (Å²) in [6.45, 7) is 2.21. The molecule has 0 unspecified atom stereocenters. The highest BCUT2D eigenvalue weighted by Crippen LogP contribution is 2.35. The molecule has 3 aromatic rings. The lowest BCUT2D eigenvalue weighted by Crippen LogP contribution is -2.29. The predicted molar refractivity (Wildman–Crippen MR) is 89.8 cm³/mol. The first-order valence-corrected chi connectivity index (χ1v) is 7.77. The first-order valence-electron chi connectivity index (χ1n) is 7.77. The maximum absolute atomic E-state index is 5.84. The largest absolute Gasteiger partial charge is 0.384 e. The van der Waals surface area contributed by atoms with Gasteiger partial charge in [0, 0.05) is 36.7 Å². The zero-order chi connectivity index (χ0) is 14.9. The molecule has 3 N–H and O–H groups in total. The molecule has 4 rings (SSSR count). The van der Waals surface area contributed by atoms with E-state index in [1.54, 1.807) is 0 Å². The molecule has 1 aliphatic heterocycles. The van der Waals surface area contributed by atoms with Crippen LogP contribution in [0.25, 0.3) is 22.3 Å². The summed E-state index contributed by atoms with van der Waals surface area (Å²) in [5.74, 6) is 0.537. The van der Waals surface area contributed by atoms with Crippen molar-refractivity contribution in [3.05, 3.63) is 36.7 Å². The van der Waals surface area contributed by atoms with E-state index < -0.39 is 0 Å². The highest BCUT2D eigenvalue weighted by Gasteiger charge is 2.18. The maximum atomic E-state index is 5.84. The number of hydrogen-bond acceptors (Lipinski definition) is 4. The standard InChI is InChI=1S/C17H19N5/c18-15-6-4-5-13(21-15)12-11-20-17-16(12)14(7-8-19-17)22-9-2-1-3-10-22/h4-8,11H,1-3,9-10H2,(H2,18,21)(H,19,20). The predicted octanol–water partition coefficient (Wildman–Crippen LogP) is 3.20. The summed E-state index contributed by atoms with van der Waals surface area (Å²) in [4.78, 5) is 14.7. The van der Waals surface area contributed by atoms with Crippen LogP contribution in [0.5, 0.6) is 0 Å². The molecule has 0 radical (unpaired) electrons. The van der Waals surface area contributed by atoms with Crippen LogP contribution in [0.4, 0.5) is 11.5 Å². The van der Waals surface area contributed by atoms with Gasteiger partial charge >= 0.3 is 0 Å². The molecule has 0 amide bonds. The number of aromatic nitrogens is 3. The van der Waals surface area contributed by atoms with E-state index in [-0.39, 0.29) is 0 Å². The van der Waals surface area contributed by atoms with Gasteiger partial charge in [-0.1, -0.05) is 6.07 Å². The van der Waals surface area contributed by atoms with Gasteiger partial charge in [-0.05, 0) is 37.5 Å². The maximum Gasteiger partial charge on any atom is 0.140 e. The summed E-state index contributed by atoms with van der Waals surface area (Å²) in [5.41, 5.74) is 9.94. The van der Waals surface area contributed by atoms with Crippen LogP contribution in [0, 0.1) is 0 Å². The molecule has 22 heavy (non-hydrogen) atoms. The number of hydrogen-bond donors (Lipinski definition) is 2. The van der Waals surface area contributed by atoms with E-state index >= 15 is 0 Å². The molecule has 0 spiro atoms. The minimum Gasteiger partial charge on any atom is -0.384 e. The molecular formula is C17H19N5. The van der Waals surface area contributed by atoms with E-state index in [1.165, 1.54) is 24.9 Å². The SMILES string of the molecule is Nc1cccc(-c2c[nH]c3nccc(N4CCCCC4)c23)n1. The topological polar surface area (TPSA) is 70.8 Å². The van der Waals surface area contributed by atoms with Gasteiger partial charge in [-0.2, -0.15) is 0 Å². The highest BCUT2D eigenvalue weighted by molar-refractivity contribution is 6.02. The lowest BCUT2D eigenvalue weighted by Gasteiger charge is -2.29. The number of anilines is 2. The second-order valence-electron chi connectivity index (χ2n) is 5.75. The number of pyridine rings is 2. The molecule has 1 aliphatic rings. The minimum absolute atomic E-state index is 0.537. The Hall–Kier alpha value is -2.56. The Morgan fingerprint density at radius 3 is 2.77 bits per heavy atom. The van der Waals surface area contributed by atoms with Crippen molar-refractivity contribution >= 4 is 22.5 Å². The summed E-state index contributed by atoms with van der Waals surface area (Å²) in [6, 6.07) is 7.85. The minimum atomic E-state index is 0.537. The van der Waals surface area contributed by atoms with Gasteiger partial charge in [0.1, 0.15) is 11.5 Å². The Kier molecular flexibility index (Phi) is 3.18. The van der Waals surface area contributed by atoms with Crippen molar-refractivity contribution in [2.45, 2.75) is 19.3 Å². The fourth-order valence-electron chi connectivity index (χ4n) is 3.24. The summed E-state index contributed by atoms with van der Waals surface area (Å²) >= 11 is 0. The third kappa shape index (κ3) is 2.19. The average Bonchev–Trinajstić information content (AvgIpc) is 3.00. The summed E-state index contributed by atoms with van der Waals surface area (Å²) in [6.07, 6.45) is 7.67. The number of fused-ring (bicyclic) bond motifs is 1. The summed E-state index contributed by atoms with van der Waals surface area (Å²) in [5, 5.41) is 1.14. The second kappa shape index (κ2) is 5.33. The Morgan fingerprint density at radius 1 is 1.09 bits per heavy atom. The van der Waals surface area contributed by atoms with Crippen molar-refractivity contribution < 1.29 is 0 Å². The van der Waals surface area contributed by atoms with Gasteiger partial charge in [-0.25, -0.2) is 9.97 Å². The third-order valence-electron chi connectivity index (χ3n) is 4.29. The van der Waals surface area contributed by atoms with E-state index in [4.69, 9.17) is 5.73 Å². The quantitative estimate of drug-likeness (QED) is 0.761. The Morgan fingerprint density at radius 2 is 1.95 bits per heavy atom. The van der Waals surface area contributed by atoms with Gasteiger partial charge in [0.25, 0.3) is 0 Å². The fourth-order valence-corrected chi connectivity index (χ4v) is 3.24. The molecule has 0 aromatic carbocycles. The Balaban J connectivity index is 1.89. The van der Waals surface area contributed by atoms with Gasteiger partial charge in [0.05, 0.1) is 11.1 Å². The molecule has 4 heterocycles. The average molecular weight is 293 g/mol. The third-order valence-corrected chi connectivity index (χ3v) is 4.29. The van der Waals surface area contributed by atoms with Crippen LogP contribution >= 0.6 is 0 Å². The molecule has 112 valence electrons. The van der Waals surface area contributed by atoms with E-state index in [0.717, 1.165) is 35.4 Å². The van der Waals surface area contributed by atoms with Gasteiger partial charge in [0.2, 0.25) is 0 Å². The lowest BCUT2D eigenvalue weighted by atomic mass is 10.1. The molecule has 0 saturated carbocycles. The van der Waals surface area contributed by atoms with Crippen molar-refractivity contribution in [1.29, 1.82) is 0 Å². The molecule has 5 heteroatoms.